The van der Waals surface area contributed by atoms with Gasteiger partial charge < -0.3 is 14.5 Å². The summed E-state index contributed by atoms with van der Waals surface area (Å²) in [5.41, 5.74) is 1.36. The Kier molecular flexibility index (Phi) is 6.96. The van der Waals surface area contributed by atoms with Crippen LogP contribution in [0.1, 0.15) is 26.3 Å². The molecule has 0 radical (unpaired) electrons. The summed E-state index contributed by atoms with van der Waals surface area (Å²) in [6.07, 6.45) is 6.04. The molecule has 1 aromatic rings. The van der Waals surface area contributed by atoms with Gasteiger partial charge >= 0.3 is 0 Å². The molecule has 0 aromatic carbocycles. The zero-order valence-electron chi connectivity index (χ0n) is 15.2. The van der Waals surface area contributed by atoms with Crippen molar-refractivity contribution in [2.24, 2.45) is 0 Å². The van der Waals surface area contributed by atoms with Crippen molar-refractivity contribution >= 4 is 5.91 Å². The summed E-state index contributed by atoms with van der Waals surface area (Å²) in [6.45, 7) is 8.42. The molecule has 0 saturated carbocycles. The molecule has 2 atom stereocenters. The normalized spacial score (nSPS) is 20.9. The molecule has 2 rings (SSSR count). The van der Waals surface area contributed by atoms with Gasteiger partial charge in [-0.15, -0.1) is 0 Å². The van der Waals surface area contributed by atoms with Gasteiger partial charge in [0.2, 0.25) is 0 Å². The van der Waals surface area contributed by atoms with Gasteiger partial charge in [0.05, 0.1) is 12.2 Å². The Morgan fingerprint density at radius 3 is 2.60 bits per heavy atom. The van der Waals surface area contributed by atoms with Crippen LogP contribution in [-0.2, 0) is 16.0 Å². The van der Waals surface area contributed by atoms with Crippen LogP contribution >= 0.6 is 0 Å². The van der Waals surface area contributed by atoms with E-state index < -0.39 is 0 Å². The van der Waals surface area contributed by atoms with Gasteiger partial charge in [-0.1, -0.05) is 0 Å². The van der Waals surface area contributed by atoms with Gasteiger partial charge in [0.25, 0.3) is 5.91 Å². The predicted octanol–water partition coefficient (Wildman–Crippen LogP) is 1.99. The lowest BCUT2D eigenvalue weighted by atomic mass is 10.1. The number of likely N-dealkylation sites (N-methyl/N-ethyl adjacent to an activating group) is 1. The molecule has 1 saturated heterocycles. The topological polar surface area (TPSA) is 69.5 Å². The number of nitrogens with zero attached hydrogens (tertiary/aromatic N) is 4. The zero-order chi connectivity index (χ0) is 18.2. The molecule has 0 aliphatic carbocycles. The SMILES string of the molecule is CCN(/C=C(/C#N)C(=O)N1CC(C)OC(C)C1)CCc1ccncc1. The molecule has 6 heteroatoms. The van der Waals surface area contributed by atoms with Crippen LogP contribution in [0.4, 0.5) is 0 Å². The van der Waals surface area contributed by atoms with Crippen molar-refractivity contribution < 1.29 is 9.53 Å². The third kappa shape index (κ3) is 5.57. The van der Waals surface area contributed by atoms with Crippen LogP contribution in [0.25, 0.3) is 0 Å². The third-order valence-electron chi connectivity index (χ3n) is 4.21. The lowest BCUT2D eigenvalue weighted by Crippen LogP contribution is -2.48. The number of carbonyl (C=O) groups is 1. The van der Waals surface area contributed by atoms with Crippen molar-refractivity contribution in [1.29, 1.82) is 5.26 Å². The van der Waals surface area contributed by atoms with Crippen LogP contribution in [0.5, 0.6) is 0 Å². The van der Waals surface area contributed by atoms with Gasteiger partial charge in [0, 0.05) is 44.8 Å². The van der Waals surface area contributed by atoms with Gasteiger partial charge in [0.1, 0.15) is 11.6 Å². The van der Waals surface area contributed by atoms with Crippen molar-refractivity contribution in [1.82, 2.24) is 14.8 Å². The number of pyridine rings is 1. The average Bonchev–Trinajstić information content (AvgIpc) is 2.61. The van der Waals surface area contributed by atoms with Crippen LogP contribution in [0.15, 0.2) is 36.3 Å². The summed E-state index contributed by atoms with van der Waals surface area (Å²) in [5, 5.41) is 9.46. The number of hydrogen-bond acceptors (Lipinski definition) is 5. The molecule has 134 valence electrons. The van der Waals surface area contributed by atoms with E-state index in [2.05, 4.69) is 11.1 Å². The van der Waals surface area contributed by atoms with Gasteiger partial charge in [-0.2, -0.15) is 5.26 Å². The molecule has 1 aliphatic rings. The monoisotopic (exact) mass is 342 g/mol. The first-order chi connectivity index (χ1) is 12.0. The van der Waals surface area contributed by atoms with E-state index in [9.17, 15) is 10.1 Å². The summed E-state index contributed by atoms with van der Waals surface area (Å²) >= 11 is 0. The summed E-state index contributed by atoms with van der Waals surface area (Å²) < 4.78 is 5.66. The lowest BCUT2D eigenvalue weighted by Gasteiger charge is -2.35. The summed E-state index contributed by atoms with van der Waals surface area (Å²) in [6, 6.07) is 6.02. The number of amides is 1. The van der Waals surface area contributed by atoms with Gasteiger partial charge in [-0.3, -0.25) is 9.78 Å². The molecular formula is C19H26N4O2. The maximum absolute atomic E-state index is 12.7. The Hall–Kier alpha value is -2.39. The largest absolute Gasteiger partial charge is 0.376 e. The highest BCUT2D eigenvalue weighted by atomic mass is 16.5. The van der Waals surface area contributed by atoms with Crippen LogP contribution in [0.3, 0.4) is 0 Å². The van der Waals surface area contributed by atoms with Crippen molar-refractivity contribution in [2.75, 3.05) is 26.2 Å². The Labute approximate surface area is 149 Å². The quantitative estimate of drug-likeness (QED) is 0.584. The van der Waals surface area contributed by atoms with Crippen LogP contribution < -0.4 is 0 Å². The predicted molar refractivity (Wildman–Crippen MR) is 95.5 cm³/mol. The fourth-order valence-corrected chi connectivity index (χ4v) is 2.96. The number of ether oxygens (including phenoxy) is 1. The van der Waals surface area contributed by atoms with Gasteiger partial charge in [0.15, 0.2) is 0 Å². The van der Waals surface area contributed by atoms with Gasteiger partial charge in [-0.25, -0.2) is 0 Å². The first-order valence-corrected chi connectivity index (χ1v) is 8.73. The van der Waals surface area contributed by atoms with Crippen LogP contribution in [0, 0.1) is 11.3 Å². The second kappa shape index (κ2) is 9.19. The molecule has 2 unspecified atom stereocenters. The number of nitriles is 1. The minimum atomic E-state index is -0.216. The first-order valence-electron chi connectivity index (χ1n) is 8.73. The van der Waals surface area contributed by atoms with E-state index in [-0.39, 0.29) is 23.7 Å². The zero-order valence-corrected chi connectivity index (χ0v) is 15.2. The average molecular weight is 342 g/mol. The Balaban J connectivity index is 2.03. The first kappa shape index (κ1) is 18.9. The van der Waals surface area contributed by atoms with E-state index in [1.165, 1.54) is 5.56 Å². The molecule has 1 fully saturated rings. The smallest absolute Gasteiger partial charge is 0.266 e. The van der Waals surface area contributed by atoms with E-state index in [0.29, 0.717) is 13.1 Å². The van der Waals surface area contributed by atoms with Crippen LogP contribution in [0.2, 0.25) is 0 Å². The summed E-state index contributed by atoms with van der Waals surface area (Å²) in [4.78, 5) is 20.4. The Bertz CT molecular complexity index is 629. The van der Waals surface area contributed by atoms with Crippen molar-refractivity contribution in [3.05, 3.63) is 41.9 Å². The Morgan fingerprint density at radius 2 is 2.04 bits per heavy atom. The second-order valence-corrected chi connectivity index (χ2v) is 6.36. The maximum atomic E-state index is 12.7. The number of carbonyl (C=O) groups excluding carboxylic acids is 1. The van der Waals surface area contributed by atoms with E-state index in [0.717, 1.165) is 19.5 Å². The molecule has 2 heterocycles. The minimum Gasteiger partial charge on any atom is -0.376 e. The molecular weight excluding hydrogens is 316 g/mol. The number of hydrogen-bond donors (Lipinski definition) is 0. The Morgan fingerprint density at radius 1 is 1.40 bits per heavy atom. The van der Waals surface area contributed by atoms with Crippen molar-refractivity contribution in [3.63, 3.8) is 0 Å². The highest BCUT2D eigenvalue weighted by Crippen LogP contribution is 2.14. The fraction of sp³-hybridized carbons (Fsp3) is 0.526. The van der Waals surface area contributed by atoms with E-state index >= 15 is 0 Å². The standard InChI is InChI=1S/C19H26N4O2/c1-4-22(10-7-17-5-8-21-9-6-17)14-18(11-20)19(24)23-12-15(2)25-16(3)13-23/h5-6,8-9,14-16H,4,7,10,12-13H2,1-3H3/b18-14-. The lowest BCUT2D eigenvalue weighted by molar-refractivity contribution is -0.138. The fourth-order valence-electron chi connectivity index (χ4n) is 2.96. The van der Waals surface area contributed by atoms with Crippen molar-refractivity contribution in [3.8, 4) is 6.07 Å². The molecule has 1 aromatic heterocycles. The van der Waals surface area contributed by atoms with Crippen molar-refractivity contribution in [2.45, 2.75) is 39.4 Å². The molecule has 1 aliphatic heterocycles. The molecule has 0 spiro atoms. The molecule has 0 N–H and O–H groups in total. The summed E-state index contributed by atoms with van der Waals surface area (Å²) in [5.74, 6) is -0.216. The highest BCUT2D eigenvalue weighted by molar-refractivity contribution is 5.97. The number of aromatic nitrogens is 1. The number of morpholine rings is 1. The highest BCUT2D eigenvalue weighted by Gasteiger charge is 2.28. The maximum Gasteiger partial charge on any atom is 0.266 e. The minimum absolute atomic E-state index is 0.0124. The summed E-state index contributed by atoms with van der Waals surface area (Å²) in [7, 11) is 0. The van der Waals surface area contributed by atoms with E-state index in [1.54, 1.807) is 23.5 Å². The van der Waals surface area contributed by atoms with E-state index in [1.807, 2.05) is 37.8 Å². The van der Waals surface area contributed by atoms with Gasteiger partial charge in [-0.05, 0) is 44.9 Å². The molecule has 6 nitrogen and oxygen atoms in total. The molecule has 25 heavy (non-hydrogen) atoms. The molecule has 0 bridgehead atoms. The van der Waals surface area contributed by atoms with Crippen LogP contribution in [-0.4, -0.2) is 59.1 Å². The number of rotatable bonds is 6. The third-order valence-corrected chi connectivity index (χ3v) is 4.21. The molecule has 1 amide bonds. The van der Waals surface area contributed by atoms with E-state index in [4.69, 9.17) is 4.74 Å². The second-order valence-electron chi connectivity index (χ2n) is 6.36.